The van der Waals surface area contributed by atoms with Crippen molar-refractivity contribution in [2.75, 3.05) is 32.2 Å². The van der Waals surface area contributed by atoms with Crippen LogP contribution < -0.4 is 14.4 Å². The molecule has 152 valence electrons. The first-order valence-corrected chi connectivity index (χ1v) is 9.52. The Morgan fingerprint density at radius 3 is 2.24 bits per heavy atom. The largest absolute Gasteiger partial charge is 0.467 e. The van der Waals surface area contributed by atoms with Crippen molar-refractivity contribution in [2.24, 2.45) is 0 Å². The Labute approximate surface area is 168 Å². The minimum absolute atomic E-state index is 0.245. The van der Waals surface area contributed by atoms with Crippen molar-refractivity contribution >= 4 is 5.95 Å². The second-order valence-corrected chi connectivity index (χ2v) is 7.04. The molecule has 0 aliphatic carbocycles. The third-order valence-corrected chi connectivity index (χ3v) is 4.91. The van der Waals surface area contributed by atoms with Crippen molar-refractivity contribution < 1.29 is 9.47 Å². The van der Waals surface area contributed by atoms with Gasteiger partial charge in [-0.15, -0.1) is 4.98 Å². The molecule has 0 bridgehead atoms. The smallest absolute Gasteiger partial charge is 0.324 e. The molecule has 0 aromatic carbocycles. The number of methoxy groups -OCH3 is 2. The Morgan fingerprint density at radius 1 is 0.966 bits per heavy atom. The van der Waals surface area contributed by atoms with Gasteiger partial charge in [0, 0.05) is 36.6 Å². The van der Waals surface area contributed by atoms with Crippen LogP contribution in [0.5, 0.6) is 12.0 Å². The predicted molar refractivity (Wildman–Crippen MR) is 106 cm³/mol. The second-order valence-electron chi connectivity index (χ2n) is 7.04. The summed E-state index contributed by atoms with van der Waals surface area (Å²) < 4.78 is 10.3. The number of rotatable bonds is 5. The highest BCUT2D eigenvalue weighted by Gasteiger charge is 2.26. The topological polar surface area (TPSA) is 115 Å². The Balaban J connectivity index is 1.51. The third kappa shape index (κ3) is 4.10. The molecule has 4 rings (SSSR count). The minimum Gasteiger partial charge on any atom is -0.467 e. The lowest BCUT2D eigenvalue weighted by molar-refractivity contribution is 0.338. The number of H-pyrrole nitrogens is 1. The molecule has 0 spiro atoms. The summed E-state index contributed by atoms with van der Waals surface area (Å²) in [5.74, 6) is 2.46. The van der Waals surface area contributed by atoms with E-state index in [1.807, 2.05) is 26.1 Å². The van der Waals surface area contributed by atoms with E-state index in [0.29, 0.717) is 5.95 Å². The molecule has 10 heteroatoms. The number of aromatic amines is 1. The lowest BCUT2D eigenvalue weighted by atomic mass is 9.96. The fraction of sp³-hybridized carbons (Fsp3) is 0.474. The molecule has 3 aromatic rings. The maximum Gasteiger partial charge on any atom is 0.324 e. The average Bonchev–Trinajstić information content (AvgIpc) is 3.19. The molecule has 1 fully saturated rings. The monoisotopic (exact) mass is 396 g/mol. The van der Waals surface area contributed by atoms with E-state index in [1.165, 1.54) is 14.2 Å². The minimum atomic E-state index is 0.245. The summed E-state index contributed by atoms with van der Waals surface area (Å²) in [5, 5.41) is 0. The van der Waals surface area contributed by atoms with Gasteiger partial charge in [-0.2, -0.15) is 9.97 Å². The van der Waals surface area contributed by atoms with Crippen LogP contribution in [0, 0.1) is 13.8 Å². The van der Waals surface area contributed by atoms with E-state index in [0.717, 1.165) is 54.7 Å². The van der Waals surface area contributed by atoms with Crippen molar-refractivity contribution in [3.8, 4) is 23.5 Å². The molecule has 0 amide bonds. The van der Waals surface area contributed by atoms with Gasteiger partial charge in [0.1, 0.15) is 11.5 Å². The average molecular weight is 396 g/mol. The summed E-state index contributed by atoms with van der Waals surface area (Å²) in [7, 11) is 3.05. The molecule has 4 heterocycles. The number of imidazole rings is 1. The first-order valence-electron chi connectivity index (χ1n) is 9.52. The van der Waals surface area contributed by atoms with Gasteiger partial charge in [0.05, 0.1) is 14.2 Å². The van der Waals surface area contributed by atoms with Crippen molar-refractivity contribution in [2.45, 2.75) is 32.6 Å². The molecular weight excluding hydrogens is 372 g/mol. The molecule has 1 aliphatic heterocycles. The number of aryl methyl sites for hydroxylation is 2. The maximum absolute atomic E-state index is 5.15. The van der Waals surface area contributed by atoms with Crippen LogP contribution in [0.1, 0.15) is 36.0 Å². The Bertz CT molecular complexity index is 975. The van der Waals surface area contributed by atoms with Crippen LogP contribution in [0.2, 0.25) is 0 Å². The van der Waals surface area contributed by atoms with Crippen LogP contribution in [0.3, 0.4) is 0 Å². The van der Waals surface area contributed by atoms with E-state index in [9.17, 15) is 0 Å². The van der Waals surface area contributed by atoms with Gasteiger partial charge in [-0.05, 0) is 32.8 Å². The highest BCUT2D eigenvalue weighted by atomic mass is 16.5. The SMILES string of the molecule is COc1nc(OC)nc(N2CCC(c3nc(C)cc(-c4ncc(C)[nH]4)n3)CC2)n1. The van der Waals surface area contributed by atoms with E-state index in [4.69, 9.17) is 14.5 Å². The van der Waals surface area contributed by atoms with Gasteiger partial charge >= 0.3 is 12.0 Å². The zero-order valence-corrected chi connectivity index (χ0v) is 17.0. The van der Waals surface area contributed by atoms with E-state index in [-0.39, 0.29) is 17.9 Å². The molecule has 29 heavy (non-hydrogen) atoms. The fourth-order valence-corrected chi connectivity index (χ4v) is 3.43. The zero-order chi connectivity index (χ0) is 20.4. The van der Waals surface area contributed by atoms with Gasteiger partial charge in [0.25, 0.3) is 0 Å². The van der Waals surface area contributed by atoms with E-state index >= 15 is 0 Å². The Morgan fingerprint density at radius 2 is 1.66 bits per heavy atom. The van der Waals surface area contributed by atoms with Crippen molar-refractivity contribution in [3.05, 3.63) is 29.5 Å². The van der Waals surface area contributed by atoms with Crippen LogP contribution in [0.4, 0.5) is 5.95 Å². The number of piperidine rings is 1. The van der Waals surface area contributed by atoms with Gasteiger partial charge in [-0.1, -0.05) is 0 Å². The predicted octanol–water partition coefficient (Wildman–Crippen LogP) is 2.07. The normalized spacial score (nSPS) is 14.8. The Hall–Kier alpha value is -3.30. The molecule has 0 atom stereocenters. The lowest BCUT2D eigenvalue weighted by Gasteiger charge is -2.31. The maximum atomic E-state index is 5.15. The third-order valence-electron chi connectivity index (χ3n) is 4.91. The number of ether oxygens (including phenoxy) is 2. The standard InChI is InChI=1S/C19H24N8O2/c1-11-9-14(16-20-10-12(2)22-16)23-15(21-11)13-5-7-27(8-6-13)17-24-18(28-3)26-19(25-17)29-4/h9-10,13H,5-8H2,1-4H3,(H,20,22). The zero-order valence-electron chi connectivity index (χ0n) is 17.0. The number of nitrogens with zero attached hydrogens (tertiary/aromatic N) is 7. The van der Waals surface area contributed by atoms with Gasteiger partial charge in [0.15, 0.2) is 5.82 Å². The quantitative estimate of drug-likeness (QED) is 0.692. The summed E-state index contributed by atoms with van der Waals surface area (Å²) in [5.41, 5.74) is 2.78. The highest BCUT2D eigenvalue weighted by molar-refractivity contribution is 5.50. The first kappa shape index (κ1) is 19.0. The molecule has 1 N–H and O–H groups in total. The lowest BCUT2D eigenvalue weighted by Crippen LogP contribution is -2.35. The molecule has 1 aliphatic rings. The molecule has 3 aromatic heterocycles. The number of anilines is 1. The molecule has 1 saturated heterocycles. The van der Waals surface area contributed by atoms with Crippen LogP contribution in [-0.4, -0.2) is 62.2 Å². The van der Waals surface area contributed by atoms with Crippen LogP contribution in [0.15, 0.2) is 12.3 Å². The summed E-state index contributed by atoms with van der Waals surface area (Å²) >= 11 is 0. The molecule has 0 radical (unpaired) electrons. The van der Waals surface area contributed by atoms with Crippen molar-refractivity contribution in [1.29, 1.82) is 0 Å². The van der Waals surface area contributed by atoms with E-state index in [2.05, 4.69) is 34.8 Å². The van der Waals surface area contributed by atoms with Crippen molar-refractivity contribution in [1.82, 2.24) is 34.9 Å². The highest BCUT2D eigenvalue weighted by Crippen LogP contribution is 2.29. The number of hydrogen-bond acceptors (Lipinski definition) is 9. The Kier molecular flexibility index (Phi) is 5.24. The molecule has 10 nitrogen and oxygen atoms in total. The van der Waals surface area contributed by atoms with Crippen molar-refractivity contribution in [3.63, 3.8) is 0 Å². The van der Waals surface area contributed by atoms with Gasteiger partial charge in [0.2, 0.25) is 5.95 Å². The van der Waals surface area contributed by atoms with E-state index in [1.54, 1.807) is 0 Å². The summed E-state index contributed by atoms with van der Waals surface area (Å²) in [6, 6.07) is 2.45. The molecular formula is C19H24N8O2. The summed E-state index contributed by atoms with van der Waals surface area (Å²) in [4.78, 5) is 32.0. The number of hydrogen-bond donors (Lipinski definition) is 1. The number of nitrogens with one attached hydrogen (secondary N) is 1. The van der Waals surface area contributed by atoms with Crippen LogP contribution in [-0.2, 0) is 0 Å². The first-order chi connectivity index (χ1) is 14.1. The van der Waals surface area contributed by atoms with Gasteiger partial charge < -0.3 is 19.4 Å². The number of aromatic nitrogens is 7. The second kappa shape index (κ2) is 7.98. The molecule has 0 unspecified atom stereocenters. The van der Waals surface area contributed by atoms with Crippen LogP contribution >= 0.6 is 0 Å². The van der Waals surface area contributed by atoms with E-state index < -0.39 is 0 Å². The fourth-order valence-electron chi connectivity index (χ4n) is 3.43. The summed E-state index contributed by atoms with van der Waals surface area (Å²) in [6.07, 6.45) is 3.61. The van der Waals surface area contributed by atoms with Crippen LogP contribution in [0.25, 0.3) is 11.5 Å². The summed E-state index contributed by atoms with van der Waals surface area (Å²) in [6.45, 7) is 5.54. The van der Waals surface area contributed by atoms with Gasteiger partial charge in [-0.25, -0.2) is 15.0 Å². The van der Waals surface area contributed by atoms with Gasteiger partial charge in [-0.3, -0.25) is 0 Å². The molecule has 0 saturated carbocycles.